The molecule has 1 fully saturated rings. The Kier molecular flexibility index (Phi) is 13.1. The molecule has 6 nitrogen and oxygen atoms in total. The Hall–Kier alpha value is -2.01. The molecule has 0 saturated carbocycles. The molecule has 41 heavy (non-hydrogen) atoms. The smallest absolute Gasteiger partial charge is 0.331 e. The number of methoxy groups -OCH3 is 1. The number of hydrogen-bond donors (Lipinski definition) is 0. The molecule has 7 heteroatoms. The molecule has 3 rings (SSSR count). The highest BCUT2D eigenvalue weighted by atomic mass is 31.2. The van der Waals surface area contributed by atoms with E-state index in [4.69, 9.17) is 18.5 Å². The highest BCUT2D eigenvalue weighted by Gasteiger charge is 2.28. The van der Waals surface area contributed by atoms with Crippen LogP contribution in [0.4, 0.5) is 5.69 Å². The van der Waals surface area contributed by atoms with Gasteiger partial charge in [-0.25, -0.2) is 0 Å². The van der Waals surface area contributed by atoms with Crippen LogP contribution in [-0.4, -0.2) is 46.2 Å². The summed E-state index contributed by atoms with van der Waals surface area (Å²) in [5, 5.41) is 0. The van der Waals surface area contributed by atoms with Gasteiger partial charge in [0.2, 0.25) is 0 Å². The zero-order chi connectivity index (χ0) is 29.9. The summed E-state index contributed by atoms with van der Waals surface area (Å²) in [6.07, 6.45) is 6.88. The van der Waals surface area contributed by atoms with Crippen LogP contribution in [0, 0.1) is 11.3 Å². The molecule has 0 aliphatic carbocycles. The van der Waals surface area contributed by atoms with Gasteiger partial charge >= 0.3 is 7.60 Å². The van der Waals surface area contributed by atoms with E-state index in [2.05, 4.69) is 62.9 Å². The Balaban J connectivity index is 1.55. The summed E-state index contributed by atoms with van der Waals surface area (Å²) >= 11 is 0. The molecule has 0 N–H and O–H groups in total. The number of rotatable bonds is 16. The van der Waals surface area contributed by atoms with Gasteiger partial charge in [-0.05, 0) is 92.0 Å². The Bertz CT molecular complexity index is 1110. The molecule has 230 valence electrons. The second-order valence-corrected chi connectivity index (χ2v) is 14.8. The van der Waals surface area contributed by atoms with E-state index >= 15 is 0 Å². The predicted octanol–water partition coefficient (Wildman–Crippen LogP) is 9.12. The van der Waals surface area contributed by atoms with Gasteiger partial charge in [0.15, 0.2) is 0 Å². The van der Waals surface area contributed by atoms with Gasteiger partial charge in [0.1, 0.15) is 11.5 Å². The van der Waals surface area contributed by atoms with Crippen LogP contribution in [0.1, 0.15) is 90.7 Å². The normalized spacial score (nSPS) is 16.8. The van der Waals surface area contributed by atoms with Crippen LogP contribution in [0.15, 0.2) is 42.5 Å². The Morgan fingerprint density at radius 3 is 2.44 bits per heavy atom. The topological polar surface area (TPSA) is 57.2 Å². The van der Waals surface area contributed by atoms with Gasteiger partial charge in [0, 0.05) is 24.8 Å². The minimum absolute atomic E-state index is 0.0384. The first kappa shape index (κ1) is 33.5. The third-order valence-corrected chi connectivity index (χ3v) is 10.1. The van der Waals surface area contributed by atoms with Crippen molar-refractivity contribution in [2.24, 2.45) is 11.3 Å². The molecule has 1 saturated heterocycles. The fourth-order valence-electron chi connectivity index (χ4n) is 5.46. The van der Waals surface area contributed by atoms with Crippen molar-refractivity contribution in [2.45, 2.75) is 86.0 Å². The van der Waals surface area contributed by atoms with Crippen LogP contribution < -0.4 is 14.4 Å². The first-order valence-corrected chi connectivity index (χ1v) is 17.3. The third kappa shape index (κ3) is 11.0. The highest BCUT2D eigenvalue weighted by molar-refractivity contribution is 7.53. The number of benzene rings is 2. The summed E-state index contributed by atoms with van der Waals surface area (Å²) < 4.78 is 36.3. The molecular formula is C34H54NO5P. The van der Waals surface area contributed by atoms with Crippen molar-refractivity contribution < 1.29 is 23.1 Å². The summed E-state index contributed by atoms with van der Waals surface area (Å²) in [5.74, 6) is 2.35. The maximum absolute atomic E-state index is 13.2. The second kappa shape index (κ2) is 16.0. The van der Waals surface area contributed by atoms with Crippen molar-refractivity contribution in [3.05, 3.63) is 53.6 Å². The predicted molar refractivity (Wildman–Crippen MR) is 171 cm³/mol. The largest absolute Gasteiger partial charge is 0.497 e. The van der Waals surface area contributed by atoms with Gasteiger partial charge in [0.05, 0.1) is 33.1 Å². The minimum atomic E-state index is -3.12. The van der Waals surface area contributed by atoms with Crippen molar-refractivity contribution in [3.63, 3.8) is 0 Å². The van der Waals surface area contributed by atoms with Crippen LogP contribution in [0.5, 0.6) is 11.5 Å². The molecule has 1 unspecified atom stereocenters. The molecule has 0 bridgehead atoms. The summed E-state index contributed by atoms with van der Waals surface area (Å²) in [6.45, 7) is 16.5. The Morgan fingerprint density at radius 1 is 1.02 bits per heavy atom. The summed E-state index contributed by atoms with van der Waals surface area (Å²) in [4.78, 5) is 2.53. The fourth-order valence-corrected chi connectivity index (χ4v) is 7.48. The molecule has 0 amide bonds. The Morgan fingerprint density at radius 2 is 1.78 bits per heavy atom. The lowest BCUT2D eigenvalue weighted by atomic mass is 9.88. The molecule has 0 spiro atoms. The number of hydrogen-bond acceptors (Lipinski definition) is 6. The first-order valence-electron chi connectivity index (χ1n) is 15.6. The fraction of sp³-hybridized carbons (Fsp3) is 0.647. The van der Waals surface area contributed by atoms with E-state index < -0.39 is 7.60 Å². The summed E-state index contributed by atoms with van der Waals surface area (Å²) in [5.41, 5.74) is 4.20. The quantitative estimate of drug-likeness (QED) is 0.183. The van der Waals surface area contributed by atoms with Crippen molar-refractivity contribution in [3.8, 4) is 11.5 Å². The van der Waals surface area contributed by atoms with E-state index in [0.29, 0.717) is 37.3 Å². The number of nitrogens with zero attached hydrogens (tertiary/aromatic N) is 1. The summed E-state index contributed by atoms with van der Waals surface area (Å²) in [6, 6.07) is 14.7. The molecule has 2 aromatic rings. The van der Waals surface area contributed by atoms with E-state index in [0.717, 1.165) is 55.8 Å². The van der Waals surface area contributed by atoms with Crippen molar-refractivity contribution >= 4 is 13.3 Å². The highest BCUT2D eigenvalue weighted by Crippen LogP contribution is 2.51. The lowest BCUT2D eigenvalue weighted by Gasteiger charge is -2.35. The average molecular weight is 588 g/mol. The van der Waals surface area contributed by atoms with Crippen molar-refractivity contribution in [1.29, 1.82) is 0 Å². The number of anilines is 1. The van der Waals surface area contributed by atoms with Crippen LogP contribution in [0.2, 0.25) is 0 Å². The van der Waals surface area contributed by atoms with Gasteiger partial charge < -0.3 is 23.4 Å². The maximum Gasteiger partial charge on any atom is 0.331 e. The molecule has 0 radical (unpaired) electrons. The number of aryl methyl sites for hydroxylation is 1. The monoisotopic (exact) mass is 587 g/mol. The molecule has 0 aromatic heterocycles. The van der Waals surface area contributed by atoms with Gasteiger partial charge in [-0.15, -0.1) is 0 Å². The van der Waals surface area contributed by atoms with Crippen LogP contribution in [0.25, 0.3) is 0 Å². The van der Waals surface area contributed by atoms with Crippen LogP contribution in [-0.2, 0) is 20.0 Å². The Labute approximate surface area is 249 Å². The standard InChI is InChI=1S/C34H54NO5P/c1-8-22-40-41(36,39-9-2)26-27(3)30-12-10-14-32(23-30)38-25-28-17-20-35(21-18-28)33-24-31(37-7)16-15-29(33)13-11-19-34(4,5)6/h10,12,14-16,23-24,27-28H,8-9,11,13,17-22,25-26H2,1-7H3/t27-,41?/m0/s1. The number of ether oxygens (including phenoxy) is 2. The van der Waals surface area contributed by atoms with E-state index in [1.54, 1.807) is 7.11 Å². The van der Waals surface area contributed by atoms with Crippen molar-refractivity contribution in [2.75, 3.05) is 51.1 Å². The number of piperidine rings is 1. The minimum Gasteiger partial charge on any atom is -0.497 e. The first-order chi connectivity index (χ1) is 19.6. The zero-order valence-corrected chi connectivity index (χ0v) is 27.5. The second-order valence-electron chi connectivity index (χ2n) is 12.7. The SMILES string of the molecule is CCCOP(=O)(C[C@H](C)c1cccc(OCC2CCN(c3cc(OC)ccc3CCCC(C)(C)C)CC2)c1)OCC. The molecule has 2 aromatic carbocycles. The lowest BCUT2D eigenvalue weighted by molar-refractivity contribution is 0.210. The van der Waals surface area contributed by atoms with Gasteiger partial charge in [-0.1, -0.05) is 52.8 Å². The van der Waals surface area contributed by atoms with Crippen LogP contribution in [0.3, 0.4) is 0 Å². The van der Waals surface area contributed by atoms with Crippen LogP contribution >= 0.6 is 7.60 Å². The van der Waals surface area contributed by atoms with E-state index in [-0.39, 0.29) is 5.92 Å². The molecular weight excluding hydrogens is 533 g/mol. The molecule has 1 heterocycles. The molecule has 1 aliphatic rings. The third-order valence-electron chi connectivity index (χ3n) is 7.85. The van der Waals surface area contributed by atoms with Crippen molar-refractivity contribution in [1.82, 2.24) is 0 Å². The summed E-state index contributed by atoms with van der Waals surface area (Å²) in [7, 11) is -1.37. The van der Waals surface area contributed by atoms with Gasteiger partial charge in [-0.2, -0.15) is 0 Å². The van der Waals surface area contributed by atoms with Gasteiger partial charge in [-0.3, -0.25) is 4.57 Å². The van der Waals surface area contributed by atoms with E-state index in [1.807, 2.05) is 26.0 Å². The molecule has 2 atom stereocenters. The lowest BCUT2D eigenvalue weighted by Crippen LogP contribution is -2.36. The van der Waals surface area contributed by atoms with E-state index in [1.165, 1.54) is 24.1 Å². The zero-order valence-electron chi connectivity index (χ0n) is 26.6. The maximum atomic E-state index is 13.2. The molecule has 1 aliphatic heterocycles. The van der Waals surface area contributed by atoms with E-state index in [9.17, 15) is 4.57 Å². The average Bonchev–Trinajstić information content (AvgIpc) is 2.95. The van der Waals surface area contributed by atoms with Gasteiger partial charge in [0.25, 0.3) is 0 Å².